The standard InChI is InChI=1S/C17H8NO.C13H12N.Ir/c1-2-5-12-10(4-1)11-6-3-7-13-15(11)16-14(19-13)8-9-18-17(12)16;1-10-3-6-12(7-4-10)13-8-5-11(2)9-14-13;/h1-4,6-9H;3-6,8-9H,1-2H3;/q2*-1;. The van der Waals surface area contributed by atoms with Gasteiger partial charge in [-0.3, -0.25) is 0 Å². The van der Waals surface area contributed by atoms with Gasteiger partial charge in [0.25, 0.3) is 0 Å². The summed E-state index contributed by atoms with van der Waals surface area (Å²) < 4.78 is 5.93. The second-order valence-corrected chi connectivity index (χ2v) is 8.27. The van der Waals surface area contributed by atoms with Gasteiger partial charge in [-0.15, -0.1) is 65.0 Å². The molecular formula is C30H20IrN2O-2. The minimum atomic E-state index is 0. The van der Waals surface area contributed by atoms with Crippen LogP contribution in [0, 0.1) is 26.0 Å². The third-order valence-electron chi connectivity index (χ3n) is 5.95. The summed E-state index contributed by atoms with van der Waals surface area (Å²) in [5.74, 6) is 0. The number of aromatic nitrogens is 2. The van der Waals surface area contributed by atoms with Crippen LogP contribution in [0.25, 0.3) is 54.9 Å². The Morgan fingerprint density at radius 2 is 1.56 bits per heavy atom. The summed E-state index contributed by atoms with van der Waals surface area (Å²) >= 11 is 0. The predicted molar refractivity (Wildman–Crippen MR) is 135 cm³/mol. The van der Waals surface area contributed by atoms with Gasteiger partial charge in [-0.25, -0.2) is 0 Å². The smallest absolute Gasteiger partial charge is 0.134 e. The third kappa shape index (κ3) is 3.75. The Morgan fingerprint density at radius 1 is 0.735 bits per heavy atom. The van der Waals surface area contributed by atoms with Gasteiger partial charge in [0.2, 0.25) is 0 Å². The zero-order valence-electron chi connectivity index (χ0n) is 18.7. The van der Waals surface area contributed by atoms with E-state index in [-0.39, 0.29) is 20.1 Å². The number of benzene rings is 4. The van der Waals surface area contributed by atoms with Crippen LogP contribution in [0.15, 0.2) is 89.6 Å². The van der Waals surface area contributed by atoms with Gasteiger partial charge >= 0.3 is 0 Å². The van der Waals surface area contributed by atoms with E-state index >= 15 is 0 Å². The van der Waals surface area contributed by atoms with Crippen LogP contribution in [0.3, 0.4) is 0 Å². The number of rotatable bonds is 1. The van der Waals surface area contributed by atoms with E-state index in [0.29, 0.717) is 0 Å². The number of aryl methyl sites for hydroxylation is 2. The molecule has 4 aromatic carbocycles. The molecule has 3 heterocycles. The van der Waals surface area contributed by atoms with Crippen molar-refractivity contribution in [2.45, 2.75) is 13.8 Å². The molecule has 4 heteroatoms. The zero-order valence-corrected chi connectivity index (χ0v) is 21.1. The van der Waals surface area contributed by atoms with Crippen molar-refractivity contribution < 1.29 is 24.5 Å². The van der Waals surface area contributed by atoms with Gasteiger partial charge in [-0.1, -0.05) is 36.6 Å². The Morgan fingerprint density at radius 3 is 2.35 bits per heavy atom. The van der Waals surface area contributed by atoms with Gasteiger partial charge in [0, 0.05) is 48.8 Å². The van der Waals surface area contributed by atoms with E-state index in [4.69, 9.17) is 4.42 Å². The van der Waals surface area contributed by atoms with Crippen molar-refractivity contribution in [2.75, 3.05) is 0 Å². The first-order valence-electron chi connectivity index (χ1n) is 10.9. The molecule has 34 heavy (non-hydrogen) atoms. The van der Waals surface area contributed by atoms with Gasteiger partial charge in [0.1, 0.15) is 11.2 Å². The summed E-state index contributed by atoms with van der Waals surface area (Å²) in [6.45, 7) is 4.10. The molecule has 0 amide bonds. The van der Waals surface area contributed by atoms with E-state index < -0.39 is 0 Å². The molecule has 3 nitrogen and oxygen atoms in total. The van der Waals surface area contributed by atoms with Crippen LogP contribution < -0.4 is 0 Å². The molecule has 0 bridgehead atoms. The van der Waals surface area contributed by atoms with Crippen LogP contribution in [0.2, 0.25) is 0 Å². The number of pyridine rings is 2. The summed E-state index contributed by atoms with van der Waals surface area (Å²) in [7, 11) is 0. The molecule has 0 spiro atoms. The molecule has 0 N–H and O–H groups in total. The Balaban J connectivity index is 0.000000145. The van der Waals surface area contributed by atoms with E-state index in [2.05, 4.69) is 53.3 Å². The number of nitrogens with zero attached hydrogens (tertiary/aromatic N) is 2. The van der Waals surface area contributed by atoms with Crippen molar-refractivity contribution in [1.82, 2.24) is 9.97 Å². The fraction of sp³-hybridized carbons (Fsp3) is 0.0667. The van der Waals surface area contributed by atoms with Crippen molar-refractivity contribution in [3.05, 3.63) is 108 Å². The number of fused-ring (bicyclic) bond motifs is 3. The molecule has 0 aliphatic carbocycles. The first-order chi connectivity index (χ1) is 16.2. The van der Waals surface area contributed by atoms with Crippen LogP contribution in [0.5, 0.6) is 0 Å². The molecule has 0 fully saturated rings. The van der Waals surface area contributed by atoms with E-state index in [1.54, 1.807) is 6.20 Å². The van der Waals surface area contributed by atoms with Crippen LogP contribution in [0.4, 0.5) is 0 Å². The molecule has 0 saturated heterocycles. The molecule has 7 aromatic rings. The Hall–Kier alpha value is -3.59. The molecule has 7 rings (SSSR count). The van der Waals surface area contributed by atoms with E-state index in [1.807, 2.05) is 61.7 Å². The van der Waals surface area contributed by atoms with Gasteiger partial charge in [0.05, 0.1) is 0 Å². The fourth-order valence-corrected chi connectivity index (χ4v) is 4.32. The third-order valence-corrected chi connectivity index (χ3v) is 5.95. The van der Waals surface area contributed by atoms with Gasteiger partial charge in [0.15, 0.2) is 0 Å². The molecule has 1 radical (unpaired) electrons. The summed E-state index contributed by atoms with van der Waals surface area (Å²) in [5.41, 5.74) is 7.24. The number of hydrogen-bond donors (Lipinski definition) is 0. The Labute approximate surface area is 211 Å². The number of furan rings is 1. The quantitative estimate of drug-likeness (QED) is 0.140. The van der Waals surface area contributed by atoms with Crippen LogP contribution in [-0.2, 0) is 20.1 Å². The van der Waals surface area contributed by atoms with Crippen LogP contribution >= 0.6 is 0 Å². The molecular weight excluding hydrogens is 597 g/mol. The normalized spacial score (nSPS) is 11.0. The van der Waals surface area contributed by atoms with E-state index in [1.165, 1.54) is 27.3 Å². The first-order valence-corrected chi connectivity index (χ1v) is 10.9. The van der Waals surface area contributed by atoms with Crippen LogP contribution in [0.1, 0.15) is 11.1 Å². The minimum Gasteiger partial charge on any atom is -0.457 e. The van der Waals surface area contributed by atoms with Crippen molar-refractivity contribution in [1.29, 1.82) is 0 Å². The van der Waals surface area contributed by atoms with Crippen molar-refractivity contribution in [3.63, 3.8) is 0 Å². The maximum absolute atomic E-state index is 5.93. The molecule has 167 valence electrons. The average molecular weight is 617 g/mol. The second kappa shape index (κ2) is 8.98. The Kier molecular flexibility index (Phi) is 5.87. The van der Waals surface area contributed by atoms with Crippen molar-refractivity contribution in [2.24, 2.45) is 0 Å². The topological polar surface area (TPSA) is 38.9 Å². The summed E-state index contributed by atoms with van der Waals surface area (Å²) in [4.78, 5) is 8.89. The average Bonchev–Trinajstić information content (AvgIpc) is 3.25. The van der Waals surface area contributed by atoms with Crippen molar-refractivity contribution >= 4 is 43.6 Å². The van der Waals surface area contributed by atoms with Crippen LogP contribution in [-0.4, -0.2) is 9.97 Å². The largest absolute Gasteiger partial charge is 0.457 e. The molecule has 0 saturated carbocycles. The Bertz CT molecular complexity index is 1590. The fourth-order valence-electron chi connectivity index (χ4n) is 4.32. The second-order valence-electron chi connectivity index (χ2n) is 8.27. The molecule has 0 unspecified atom stereocenters. The molecule has 3 aromatic heterocycles. The molecule has 0 atom stereocenters. The molecule has 0 aliphatic heterocycles. The SMILES string of the molecule is Cc1c[c-]c(-c2ccc(C)cn2)cc1.[Ir].[c-]1cccc2c1c1nccc3oc4cccc2c4c31. The van der Waals surface area contributed by atoms with Gasteiger partial charge in [-0.05, 0) is 35.7 Å². The van der Waals surface area contributed by atoms with Crippen molar-refractivity contribution in [3.8, 4) is 11.3 Å². The maximum atomic E-state index is 5.93. The zero-order chi connectivity index (χ0) is 22.4. The monoisotopic (exact) mass is 617 g/mol. The summed E-state index contributed by atoms with van der Waals surface area (Å²) in [6, 6.07) is 30.9. The number of hydrogen-bond acceptors (Lipinski definition) is 3. The minimum absolute atomic E-state index is 0. The summed E-state index contributed by atoms with van der Waals surface area (Å²) in [6.07, 6.45) is 3.68. The van der Waals surface area contributed by atoms with E-state index in [9.17, 15) is 0 Å². The molecule has 0 aliphatic rings. The first kappa shape index (κ1) is 22.2. The van der Waals surface area contributed by atoms with E-state index in [0.717, 1.165) is 38.7 Å². The summed E-state index contributed by atoms with van der Waals surface area (Å²) in [5, 5.41) is 5.75. The van der Waals surface area contributed by atoms with Gasteiger partial charge < -0.3 is 14.4 Å². The van der Waals surface area contributed by atoms with Gasteiger partial charge in [-0.2, -0.15) is 0 Å². The predicted octanol–water partition coefficient (Wildman–Crippen LogP) is 7.69. The maximum Gasteiger partial charge on any atom is 0.134 e.